The fourth-order valence-corrected chi connectivity index (χ4v) is 3.52. The average molecular weight is 408 g/mol. The summed E-state index contributed by atoms with van der Waals surface area (Å²) < 4.78 is 58.4. The van der Waals surface area contributed by atoms with Crippen molar-refractivity contribution in [2.75, 3.05) is 7.11 Å². The molecule has 3 rings (SSSR count). The monoisotopic (exact) mass is 408 g/mol. The topological polar surface area (TPSA) is 44.8 Å². The van der Waals surface area contributed by atoms with Gasteiger partial charge in [0.2, 0.25) is 0 Å². The van der Waals surface area contributed by atoms with Gasteiger partial charge in [-0.05, 0) is 18.4 Å². The van der Waals surface area contributed by atoms with Crippen molar-refractivity contribution >= 4 is 5.97 Å². The molecular formula is C22H23F3O4. The summed E-state index contributed by atoms with van der Waals surface area (Å²) in [4.78, 5) is 11.7. The van der Waals surface area contributed by atoms with Crippen molar-refractivity contribution in [2.24, 2.45) is 0 Å². The number of alkyl halides is 3. The van der Waals surface area contributed by atoms with Crippen LogP contribution in [0.4, 0.5) is 13.2 Å². The number of aryl methyl sites for hydroxylation is 1. The van der Waals surface area contributed by atoms with Crippen molar-refractivity contribution in [1.29, 1.82) is 0 Å². The lowest BCUT2D eigenvalue weighted by molar-refractivity contribution is -0.434. The first-order valence-electron chi connectivity index (χ1n) is 9.42. The Morgan fingerprint density at radius 2 is 1.62 bits per heavy atom. The van der Waals surface area contributed by atoms with Gasteiger partial charge in [-0.15, -0.1) is 0 Å². The normalized spacial score (nSPS) is 24.8. The van der Waals surface area contributed by atoms with Crippen molar-refractivity contribution < 1.29 is 32.2 Å². The van der Waals surface area contributed by atoms with Crippen LogP contribution in [0.5, 0.6) is 0 Å². The van der Waals surface area contributed by atoms with Crippen LogP contribution >= 0.6 is 0 Å². The van der Waals surface area contributed by atoms with Gasteiger partial charge in [0.1, 0.15) is 0 Å². The Labute approximate surface area is 167 Å². The van der Waals surface area contributed by atoms with Crippen LogP contribution in [0.1, 0.15) is 30.4 Å². The number of hydrogen-bond acceptors (Lipinski definition) is 4. The summed E-state index contributed by atoms with van der Waals surface area (Å²) in [6, 6.07) is 16.7. The van der Waals surface area contributed by atoms with Crippen LogP contribution in [0, 0.1) is 0 Å². The van der Waals surface area contributed by atoms with Crippen molar-refractivity contribution in [1.82, 2.24) is 0 Å². The number of carbonyl (C=O) groups is 1. The molecule has 0 amide bonds. The second kappa shape index (κ2) is 8.97. The molecule has 29 heavy (non-hydrogen) atoms. The molecule has 1 aliphatic heterocycles. The Kier molecular flexibility index (Phi) is 6.59. The lowest BCUT2D eigenvalue weighted by Crippen LogP contribution is -2.55. The Balaban J connectivity index is 1.90. The summed E-state index contributed by atoms with van der Waals surface area (Å²) in [6.07, 6.45) is -5.71. The maximum Gasteiger partial charge on any atom is 0.448 e. The van der Waals surface area contributed by atoms with Crippen LogP contribution in [-0.2, 0) is 31.2 Å². The third kappa shape index (κ3) is 4.97. The van der Waals surface area contributed by atoms with E-state index in [1.807, 2.05) is 30.3 Å². The number of esters is 1. The highest BCUT2D eigenvalue weighted by Crippen LogP contribution is 2.48. The maximum atomic E-state index is 14.2. The number of rotatable bonds is 6. The summed E-state index contributed by atoms with van der Waals surface area (Å²) in [5, 5.41) is 0. The fraction of sp³-hybridized carbons (Fsp3) is 0.409. The number of carbonyl (C=O) groups excluding carboxylic acids is 1. The first-order valence-corrected chi connectivity index (χ1v) is 9.42. The van der Waals surface area contributed by atoms with E-state index in [-0.39, 0.29) is 18.4 Å². The Bertz CT molecular complexity index is 795. The minimum atomic E-state index is -4.83. The van der Waals surface area contributed by atoms with Crippen LogP contribution in [0.15, 0.2) is 60.7 Å². The Morgan fingerprint density at radius 1 is 1.03 bits per heavy atom. The van der Waals surface area contributed by atoms with E-state index in [2.05, 4.69) is 4.74 Å². The molecule has 2 aromatic carbocycles. The molecule has 1 aliphatic rings. The number of hydrogen-bond donors (Lipinski definition) is 0. The second-order valence-corrected chi connectivity index (χ2v) is 7.00. The molecule has 7 heteroatoms. The van der Waals surface area contributed by atoms with Gasteiger partial charge in [0, 0.05) is 12.0 Å². The van der Waals surface area contributed by atoms with E-state index in [1.54, 1.807) is 6.07 Å². The summed E-state index contributed by atoms with van der Waals surface area (Å²) in [7, 11) is 1.20. The number of benzene rings is 2. The molecule has 0 spiro atoms. The maximum absolute atomic E-state index is 14.2. The van der Waals surface area contributed by atoms with E-state index in [4.69, 9.17) is 9.47 Å². The van der Waals surface area contributed by atoms with Gasteiger partial charge in [-0.2, -0.15) is 13.2 Å². The molecule has 0 bridgehead atoms. The molecule has 1 saturated heterocycles. The molecule has 3 atom stereocenters. The minimum absolute atomic E-state index is 0.147. The molecule has 0 aliphatic carbocycles. The zero-order valence-corrected chi connectivity index (χ0v) is 16.0. The van der Waals surface area contributed by atoms with Crippen molar-refractivity contribution in [3.8, 4) is 0 Å². The van der Waals surface area contributed by atoms with Crippen LogP contribution in [0.3, 0.4) is 0 Å². The predicted molar refractivity (Wildman–Crippen MR) is 99.9 cm³/mol. The number of methoxy groups -OCH3 is 1. The molecule has 2 aromatic rings. The van der Waals surface area contributed by atoms with Gasteiger partial charge in [-0.25, -0.2) is 0 Å². The first kappa shape index (κ1) is 21.3. The number of halogens is 3. The van der Waals surface area contributed by atoms with E-state index >= 15 is 0 Å². The Morgan fingerprint density at radius 3 is 2.21 bits per heavy atom. The molecule has 0 radical (unpaired) electrons. The molecule has 0 saturated carbocycles. The van der Waals surface area contributed by atoms with E-state index in [0.29, 0.717) is 12.8 Å². The third-order valence-electron chi connectivity index (χ3n) is 4.94. The van der Waals surface area contributed by atoms with Crippen molar-refractivity contribution in [2.45, 2.75) is 49.9 Å². The minimum Gasteiger partial charge on any atom is -0.469 e. The molecule has 0 aromatic heterocycles. The van der Waals surface area contributed by atoms with E-state index in [0.717, 1.165) is 5.56 Å². The quantitative estimate of drug-likeness (QED) is 0.646. The highest BCUT2D eigenvalue weighted by Gasteiger charge is 2.63. The SMILES string of the molecule is COC(=O)C[C@H]1C[C@@H](CCc2ccccc2)O[C@@](c2ccccc2)(C(F)(F)F)O1. The fourth-order valence-electron chi connectivity index (χ4n) is 3.52. The standard InChI is InChI=1S/C22H23F3O4/c1-27-20(26)15-19-14-18(13-12-16-8-4-2-5-9-16)28-21(29-19,22(23,24)25)17-10-6-3-7-11-17/h2-11,18-19H,12-15H2,1H3/t18-,19-,21-/m1/s1. The van der Waals surface area contributed by atoms with Gasteiger partial charge in [0.25, 0.3) is 5.79 Å². The highest BCUT2D eigenvalue weighted by atomic mass is 19.4. The molecule has 1 heterocycles. The molecule has 0 unspecified atom stereocenters. The molecular weight excluding hydrogens is 385 g/mol. The molecule has 0 N–H and O–H groups in total. The summed E-state index contributed by atoms with van der Waals surface area (Å²) in [5.74, 6) is -3.55. The zero-order valence-electron chi connectivity index (χ0n) is 16.0. The largest absolute Gasteiger partial charge is 0.469 e. The lowest BCUT2D eigenvalue weighted by atomic mass is 9.96. The zero-order chi connectivity index (χ0) is 20.9. The summed E-state index contributed by atoms with van der Waals surface area (Å²) >= 11 is 0. The van der Waals surface area contributed by atoms with Gasteiger partial charge >= 0.3 is 12.1 Å². The van der Waals surface area contributed by atoms with Gasteiger partial charge in [0.15, 0.2) is 0 Å². The second-order valence-electron chi connectivity index (χ2n) is 7.00. The molecule has 1 fully saturated rings. The van der Waals surface area contributed by atoms with Crippen LogP contribution in [0.2, 0.25) is 0 Å². The average Bonchev–Trinajstić information content (AvgIpc) is 2.72. The van der Waals surface area contributed by atoms with E-state index < -0.39 is 30.1 Å². The third-order valence-corrected chi connectivity index (χ3v) is 4.94. The summed E-state index contributed by atoms with van der Waals surface area (Å²) in [6.45, 7) is 0. The van der Waals surface area contributed by atoms with Crippen molar-refractivity contribution in [3.05, 3.63) is 71.8 Å². The van der Waals surface area contributed by atoms with Crippen molar-refractivity contribution in [3.63, 3.8) is 0 Å². The summed E-state index contributed by atoms with van der Waals surface area (Å²) in [5.41, 5.74) is 0.858. The van der Waals surface area contributed by atoms with Crippen LogP contribution in [0.25, 0.3) is 0 Å². The highest BCUT2D eigenvalue weighted by molar-refractivity contribution is 5.69. The predicted octanol–water partition coefficient (Wildman–Crippen LogP) is 4.77. The molecule has 156 valence electrons. The van der Waals surface area contributed by atoms with E-state index in [9.17, 15) is 18.0 Å². The Hall–Kier alpha value is -2.38. The molecule has 4 nitrogen and oxygen atoms in total. The van der Waals surface area contributed by atoms with Crippen LogP contribution < -0.4 is 0 Å². The van der Waals surface area contributed by atoms with E-state index in [1.165, 1.54) is 31.4 Å². The first-order chi connectivity index (χ1) is 13.8. The smallest absolute Gasteiger partial charge is 0.448 e. The number of ether oxygens (including phenoxy) is 3. The van der Waals surface area contributed by atoms with Gasteiger partial charge < -0.3 is 14.2 Å². The lowest BCUT2D eigenvalue weighted by Gasteiger charge is -2.45. The van der Waals surface area contributed by atoms with Gasteiger partial charge in [-0.3, -0.25) is 4.79 Å². The van der Waals surface area contributed by atoms with Crippen LogP contribution in [-0.4, -0.2) is 31.5 Å². The van der Waals surface area contributed by atoms with Gasteiger partial charge in [0.05, 0.1) is 25.7 Å². The van der Waals surface area contributed by atoms with Gasteiger partial charge in [-0.1, -0.05) is 60.7 Å².